The van der Waals surface area contributed by atoms with Crippen LogP contribution in [-0.4, -0.2) is 43.2 Å². The Morgan fingerprint density at radius 1 is 1.25 bits per heavy atom. The molecular weight excluding hydrogens is 378 g/mol. The van der Waals surface area contributed by atoms with Crippen LogP contribution in [0.2, 0.25) is 0 Å². The molecule has 0 atom stereocenters. The van der Waals surface area contributed by atoms with Crippen LogP contribution in [0.5, 0.6) is 0 Å². The van der Waals surface area contributed by atoms with Crippen LogP contribution in [0.25, 0.3) is 0 Å². The SMILES string of the molecule is CN(C)Cc1cc2c(o1)CCN(OC([O-])=NCCCCc1ccccc1)C2.Cl. The Labute approximate surface area is 173 Å². The Morgan fingerprint density at radius 2 is 2.04 bits per heavy atom. The predicted octanol–water partition coefficient (Wildman–Crippen LogP) is 2.79. The van der Waals surface area contributed by atoms with E-state index in [0.29, 0.717) is 19.6 Å². The van der Waals surface area contributed by atoms with Gasteiger partial charge in [0, 0.05) is 31.6 Å². The molecule has 28 heavy (non-hydrogen) atoms. The molecule has 1 aliphatic rings. The van der Waals surface area contributed by atoms with Gasteiger partial charge in [0.2, 0.25) is 0 Å². The Hall–Kier alpha value is -2.02. The quantitative estimate of drug-likeness (QED) is 0.383. The number of rotatable bonds is 8. The molecule has 2 aromatic rings. The van der Waals surface area contributed by atoms with E-state index in [2.05, 4.69) is 28.1 Å². The minimum absolute atomic E-state index is 0. The molecule has 0 fully saturated rings. The molecule has 0 unspecified atom stereocenters. The first kappa shape index (κ1) is 22.3. The van der Waals surface area contributed by atoms with E-state index in [1.165, 1.54) is 5.56 Å². The monoisotopic (exact) mass is 406 g/mol. The Balaban J connectivity index is 0.00000280. The number of halogens is 1. The summed E-state index contributed by atoms with van der Waals surface area (Å²) in [4.78, 5) is 11.5. The number of aliphatic imine (C=N–C) groups is 1. The summed E-state index contributed by atoms with van der Waals surface area (Å²) in [7, 11) is 4.02. The number of aryl methyl sites for hydroxylation is 1. The average molecular weight is 407 g/mol. The maximum absolute atomic E-state index is 11.9. The highest BCUT2D eigenvalue weighted by Crippen LogP contribution is 2.23. The van der Waals surface area contributed by atoms with E-state index >= 15 is 0 Å². The standard InChI is InChI=1S/C21H29N3O3.ClH/c1-23(2)16-19-14-18-15-24(13-11-20(18)26-19)27-21(25)22-12-7-6-10-17-8-4-3-5-9-17;/h3-5,8-9,14H,6-7,10-13,15-16H2,1-2H3,(H,22,25);1H/p-1. The summed E-state index contributed by atoms with van der Waals surface area (Å²) in [6.07, 6.45) is 3.14. The highest BCUT2D eigenvalue weighted by atomic mass is 35.5. The maximum Gasteiger partial charge on any atom is 0.159 e. The minimum Gasteiger partial charge on any atom is -0.528 e. The van der Waals surface area contributed by atoms with E-state index in [0.717, 1.165) is 49.3 Å². The van der Waals surface area contributed by atoms with E-state index in [1.54, 1.807) is 5.06 Å². The number of nitrogens with zero attached hydrogens (tertiary/aromatic N) is 3. The van der Waals surface area contributed by atoms with Crippen molar-refractivity contribution < 1.29 is 14.4 Å². The summed E-state index contributed by atoms with van der Waals surface area (Å²) in [6, 6.07) is 12.4. The van der Waals surface area contributed by atoms with Gasteiger partial charge in [-0.1, -0.05) is 30.3 Å². The van der Waals surface area contributed by atoms with Gasteiger partial charge >= 0.3 is 0 Å². The molecule has 0 aliphatic carbocycles. The van der Waals surface area contributed by atoms with Gasteiger partial charge in [-0.25, -0.2) is 5.06 Å². The van der Waals surface area contributed by atoms with Crippen LogP contribution in [-0.2, 0) is 30.8 Å². The van der Waals surface area contributed by atoms with Crippen LogP contribution in [0, 0.1) is 0 Å². The van der Waals surface area contributed by atoms with Gasteiger partial charge in [-0.3, -0.25) is 4.99 Å². The zero-order chi connectivity index (χ0) is 19.1. The van der Waals surface area contributed by atoms with Gasteiger partial charge < -0.3 is 19.3 Å². The van der Waals surface area contributed by atoms with Crippen molar-refractivity contribution in [3.05, 3.63) is 59.0 Å². The van der Waals surface area contributed by atoms with Crippen LogP contribution >= 0.6 is 12.4 Å². The molecule has 0 N–H and O–H groups in total. The number of unbranched alkanes of at least 4 members (excludes halogenated alkanes) is 1. The topological polar surface area (TPSA) is 64.3 Å². The summed E-state index contributed by atoms with van der Waals surface area (Å²) in [5.41, 5.74) is 2.41. The third-order valence-corrected chi connectivity index (χ3v) is 4.52. The zero-order valence-corrected chi connectivity index (χ0v) is 17.4. The first-order chi connectivity index (χ1) is 13.1. The van der Waals surface area contributed by atoms with E-state index in [-0.39, 0.29) is 12.4 Å². The third kappa shape index (κ3) is 6.86. The molecule has 6 nitrogen and oxygen atoms in total. The van der Waals surface area contributed by atoms with Crippen LogP contribution < -0.4 is 5.11 Å². The second-order valence-electron chi connectivity index (χ2n) is 7.19. The Morgan fingerprint density at radius 3 is 2.79 bits per heavy atom. The number of hydroxylamine groups is 2. The molecule has 0 radical (unpaired) electrons. The number of furan rings is 1. The van der Waals surface area contributed by atoms with Crippen LogP contribution in [0.15, 0.2) is 45.8 Å². The van der Waals surface area contributed by atoms with Crippen molar-refractivity contribution in [2.45, 2.75) is 38.8 Å². The van der Waals surface area contributed by atoms with Crippen molar-refractivity contribution in [1.29, 1.82) is 0 Å². The Bertz CT molecular complexity index is 747. The molecule has 7 heteroatoms. The fraction of sp³-hybridized carbons (Fsp3) is 0.476. The minimum atomic E-state index is -0.504. The second-order valence-corrected chi connectivity index (χ2v) is 7.19. The number of hydrogen-bond donors (Lipinski definition) is 0. The van der Waals surface area contributed by atoms with Crippen molar-refractivity contribution in [1.82, 2.24) is 9.96 Å². The fourth-order valence-electron chi connectivity index (χ4n) is 3.23. The normalized spacial score (nSPS) is 14.6. The summed E-state index contributed by atoms with van der Waals surface area (Å²) in [6.45, 7) is 2.47. The van der Waals surface area contributed by atoms with E-state index in [9.17, 15) is 5.11 Å². The van der Waals surface area contributed by atoms with Gasteiger partial charge in [0.05, 0.1) is 6.54 Å². The molecule has 1 aromatic heterocycles. The predicted molar refractivity (Wildman–Crippen MR) is 110 cm³/mol. The summed E-state index contributed by atoms with van der Waals surface area (Å²) in [5.74, 6) is 1.94. The molecule has 0 amide bonds. The number of benzene rings is 1. The maximum atomic E-state index is 11.9. The first-order valence-electron chi connectivity index (χ1n) is 9.53. The molecule has 2 heterocycles. The lowest BCUT2D eigenvalue weighted by Crippen LogP contribution is -2.36. The summed E-state index contributed by atoms with van der Waals surface area (Å²) < 4.78 is 5.87. The van der Waals surface area contributed by atoms with Gasteiger partial charge in [-0.05, 0) is 45.0 Å². The smallest absolute Gasteiger partial charge is 0.159 e. The van der Waals surface area contributed by atoms with E-state index < -0.39 is 6.08 Å². The molecule has 0 saturated carbocycles. The molecule has 0 bridgehead atoms. The highest BCUT2D eigenvalue weighted by Gasteiger charge is 2.19. The molecule has 3 rings (SSSR count). The van der Waals surface area contributed by atoms with Crippen LogP contribution in [0.4, 0.5) is 0 Å². The lowest BCUT2D eigenvalue weighted by Gasteiger charge is -2.32. The van der Waals surface area contributed by atoms with Crippen molar-refractivity contribution in [3.63, 3.8) is 0 Å². The molecular formula is C21H29ClN3O3-. The number of fused-ring (bicyclic) bond motifs is 1. The van der Waals surface area contributed by atoms with Crippen molar-refractivity contribution in [2.75, 3.05) is 27.2 Å². The lowest BCUT2D eigenvalue weighted by molar-refractivity contribution is -0.287. The van der Waals surface area contributed by atoms with E-state index in [1.807, 2.05) is 32.3 Å². The number of hydrogen-bond acceptors (Lipinski definition) is 6. The third-order valence-electron chi connectivity index (χ3n) is 4.52. The lowest BCUT2D eigenvalue weighted by atomic mass is 10.1. The summed E-state index contributed by atoms with van der Waals surface area (Å²) >= 11 is 0. The molecule has 0 spiro atoms. The van der Waals surface area contributed by atoms with Gasteiger partial charge in [0.1, 0.15) is 11.5 Å². The molecule has 1 aromatic carbocycles. The average Bonchev–Trinajstić information content (AvgIpc) is 3.03. The van der Waals surface area contributed by atoms with E-state index in [4.69, 9.17) is 9.25 Å². The summed E-state index contributed by atoms with van der Waals surface area (Å²) in [5, 5.41) is 13.6. The van der Waals surface area contributed by atoms with Gasteiger partial charge in [-0.15, -0.1) is 12.4 Å². The first-order valence-corrected chi connectivity index (χ1v) is 9.53. The van der Waals surface area contributed by atoms with Gasteiger partial charge in [-0.2, -0.15) is 0 Å². The zero-order valence-electron chi connectivity index (χ0n) is 16.6. The molecule has 0 saturated heterocycles. The molecule has 1 aliphatic heterocycles. The van der Waals surface area contributed by atoms with Gasteiger partial charge in [0.15, 0.2) is 6.08 Å². The second kappa shape index (κ2) is 11.1. The van der Waals surface area contributed by atoms with Crippen LogP contribution in [0.1, 0.15) is 35.5 Å². The van der Waals surface area contributed by atoms with Crippen molar-refractivity contribution >= 4 is 18.5 Å². The van der Waals surface area contributed by atoms with Gasteiger partial charge in [0.25, 0.3) is 0 Å². The van der Waals surface area contributed by atoms with Crippen molar-refractivity contribution in [2.24, 2.45) is 4.99 Å². The highest BCUT2D eigenvalue weighted by molar-refractivity contribution is 5.85. The largest absolute Gasteiger partial charge is 0.528 e. The van der Waals surface area contributed by atoms with Crippen molar-refractivity contribution in [3.8, 4) is 0 Å². The Kier molecular flexibility index (Phi) is 8.83. The fourth-order valence-corrected chi connectivity index (χ4v) is 3.23. The molecule has 154 valence electrons. The van der Waals surface area contributed by atoms with Crippen LogP contribution in [0.3, 0.4) is 0 Å².